The van der Waals surface area contributed by atoms with E-state index in [1.807, 2.05) is 0 Å². The summed E-state index contributed by atoms with van der Waals surface area (Å²) in [5.74, 6) is -0.696. The number of hydrogen-bond donors (Lipinski definition) is 1. The van der Waals surface area contributed by atoms with Gasteiger partial charge in [-0.25, -0.2) is 9.37 Å². The van der Waals surface area contributed by atoms with Crippen LogP contribution in [-0.4, -0.2) is 65.3 Å². The van der Waals surface area contributed by atoms with Crippen LogP contribution >= 0.6 is 0 Å². The first kappa shape index (κ1) is 20.9. The molecular formula is C20H25F4N5O. The third-order valence-electron chi connectivity index (χ3n) is 6.02. The standard InChI is InChI=1S/C20H25F4N5O/c1-27(13-20(22,23)24)17(30)11-29-16-10-14(21)4-5-15(16)26-18(29)28-9-3-7-19(12-28)6-2-8-25-19/h4-5,10,25H,2-3,6-9,11-13H2,1H3. The Labute approximate surface area is 171 Å². The van der Waals surface area contributed by atoms with Gasteiger partial charge in [0.2, 0.25) is 11.9 Å². The Kier molecular flexibility index (Phi) is 5.37. The van der Waals surface area contributed by atoms with Crippen LogP contribution in [0.5, 0.6) is 0 Å². The van der Waals surface area contributed by atoms with Gasteiger partial charge in [0.25, 0.3) is 0 Å². The Balaban J connectivity index is 1.67. The molecule has 2 aliphatic rings. The average molecular weight is 427 g/mol. The van der Waals surface area contributed by atoms with Gasteiger partial charge in [0.1, 0.15) is 18.9 Å². The summed E-state index contributed by atoms with van der Waals surface area (Å²) in [5.41, 5.74) is 0.901. The highest BCUT2D eigenvalue weighted by molar-refractivity contribution is 5.83. The number of carbonyl (C=O) groups is 1. The van der Waals surface area contributed by atoms with Crippen molar-refractivity contribution >= 4 is 22.9 Å². The van der Waals surface area contributed by atoms with Crippen LogP contribution < -0.4 is 10.2 Å². The minimum absolute atomic E-state index is 0.0104. The van der Waals surface area contributed by atoms with E-state index >= 15 is 0 Å². The Hall–Kier alpha value is -2.36. The van der Waals surface area contributed by atoms with E-state index in [0.717, 1.165) is 45.8 Å². The van der Waals surface area contributed by atoms with Crippen LogP contribution in [0.1, 0.15) is 25.7 Å². The number of anilines is 1. The first-order valence-corrected chi connectivity index (χ1v) is 10.1. The van der Waals surface area contributed by atoms with Gasteiger partial charge in [0.15, 0.2) is 0 Å². The molecule has 1 aromatic heterocycles. The number of piperidine rings is 1. The monoisotopic (exact) mass is 427 g/mol. The van der Waals surface area contributed by atoms with Crippen LogP contribution in [0.4, 0.5) is 23.5 Å². The van der Waals surface area contributed by atoms with E-state index in [9.17, 15) is 22.4 Å². The van der Waals surface area contributed by atoms with E-state index in [4.69, 9.17) is 0 Å². The van der Waals surface area contributed by atoms with Crippen molar-refractivity contribution in [3.05, 3.63) is 24.0 Å². The summed E-state index contributed by atoms with van der Waals surface area (Å²) >= 11 is 0. The van der Waals surface area contributed by atoms with E-state index in [2.05, 4.69) is 15.2 Å². The zero-order valence-electron chi connectivity index (χ0n) is 16.8. The summed E-state index contributed by atoms with van der Waals surface area (Å²) in [6.45, 7) is 0.709. The number of imidazole rings is 1. The molecule has 1 unspecified atom stereocenters. The van der Waals surface area contributed by atoms with Gasteiger partial charge >= 0.3 is 6.18 Å². The van der Waals surface area contributed by atoms with Gasteiger partial charge in [0.05, 0.1) is 11.0 Å². The molecule has 1 spiro atoms. The Bertz CT molecular complexity index is 935. The second-order valence-electron chi connectivity index (χ2n) is 8.33. The van der Waals surface area contributed by atoms with Gasteiger partial charge in [-0.05, 0) is 50.4 Å². The predicted molar refractivity (Wildman–Crippen MR) is 105 cm³/mol. The molecule has 0 saturated carbocycles. The average Bonchev–Trinajstić information content (AvgIpc) is 3.25. The normalized spacial score (nSPS) is 22.2. The molecule has 164 valence electrons. The summed E-state index contributed by atoms with van der Waals surface area (Å²) in [6, 6.07) is 4.09. The molecular weight excluding hydrogens is 402 g/mol. The van der Waals surface area contributed by atoms with Gasteiger partial charge in [0, 0.05) is 25.7 Å². The number of aromatic nitrogens is 2. The smallest absolute Gasteiger partial charge is 0.340 e. The summed E-state index contributed by atoms with van der Waals surface area (Å²) < 4.78 is 53.6. The number of amides is 1. The van der Waals surface area contributed by atoms with Crippen molar-refractivity contribution in [2.24, 2.45) is 0 Å². The molecule has 4 rings (SSSR count). The third kappa shape index (κ3) is 4.23. The largest absolute Gasteiger partial charge is 0.406 e. The van der Waals surface area contributed by atoms with E-state index < -0.39 is 24.4 Å². The fraction of sp³-hybridized carbons (Fsp3) is 0.600. The number of fused-ring (bicyclic) bond motifs is 1. The molecule has 6 nitrogen and oxygen atoms in total. The molecule has 30 heavy (non-hydrogen) atoms. The molecule has 2 fully saturated rings. The first-order chi connectivity index (χ1) is 14.2. The number of hydrogen-bond acceptors (Lipinski definition) is 4. The van der Waals surface area contributed by atoms with E-state index in [1.54, 1.807) is 4.57 Å². The maximum Gasteiger partial charge on any atom is 0.406 e. The van der Waals surface area contributed by atoms with Crippen molar-refractivity contribution < 1.29 is 22.4 Å². The molecule has 2 aromatic rings. The number of nitrogens with one attached hydrogen (secondary N) is 1. The maximum absolute atomic E-state index is 13.9. The second-order valence-corrected chi connectivity index (χ2v) is 8.33. The second kappa shape index (κ2) is 7.72. The zero-order chi connectivity index (χ0) is 21.5. The molecule has 10 heteroatoms. The molecule has 2 aliphatic heterocycles. The number of alkyl halides is 3. The molecule has 1 aromatic carbocycles. The fourth-order valence-corrected chi connectivity index (χ4v) is 4.61. The minimum atomic E-state index is -4.48. The van der Waals surface area contributed by atoms with Crippen LogP contribution in [0.3, 0.4) is 0 Å². The summed E-state index contributed by atoms with van der Waals surface area (Å²) in [4.78, 5) is 19.9. The van der Waals surface area contributed by atoms with Gasteiger partial charge in [-0.1, -0.05) is 0 Å². The molecule has 0 radical (unpaired) electrons. The Morgan fingerprint density at radius 1 is 1.30 bits per heavy atom. The fourth-order valence-electron chi connectivity index (χ4n) is 4.61. The number of rotatable bonds is 4. The zero-order valence-corrected chi connectivity index (χ0v) is 16.8. The van der Waals surface area contributed by atoms with Crippen molar-refractivity contribution in [3.8, 4) is 0 Å². The molecule has 0 aliphatic carbocycles. The van der Waals surface area contributed by atoms with Crippen LogP contribution in [0.2, 0.25) is 0 Å². The lowest BCUT2D eigenvalue weighted by Gasteiger charge is -2.41. The van der Waals surface area contributed by atoms with Gasteiger partial charge in [-0.3, -0.25) is 4.79 Å². The lowest BCUT2D eigenvalue weighted by atomic mass is 9.88. The van der Waals surface area contributed by atoms with Crippen LogP contribution in [0, 0.1) is 5.82 Å². The maximum atomic E-state index is 13.9. The molecule has 1 N–H and O–H groups in total. The van der Waals surface area contributed by atoms with E-state index in [1.165, 1.54) is 18.2 Å². The topological polar surface area (TPSA) is 53.4 Å². The number of benzene rings is 1. The van der Waals surface area contributed by atoms with E-state index in [0.29, 0.717) is 28.4 Å². The van der Waals surface area contributed by atoms with Crippen LogP contribution in [0.25, 0.3) is 11.0 Å². The Morgan fingerprint density at radius 2 is 2.07 bits per heavy atom. The molecule has 1 amide bonds. The van der Waals surface area contributed by atoms with Gasteiger partial charge < -0.3 is 19.7 Å². The van der Waals surface area contributed by atoms with Crippen LogP contribution in [0.15, 0.2) is 18.2 Å². The van der Waals surface area contributed by atoms with Crippen molar-refractivity contribution in [1.29, 1.82) is 0 Å². The predicted octanol–water partition coefficient (Wildman–Crippen LogP) is 2.92. The number of nitrogens with zero attached hydrogens (tertiary/aromatic N) is 4. The number of likely N-dealkylation sites (N-methyl/N-ethyl adjacent to an activating group) is 1. The summed E-state index contributed by atoms with van der Waals surface area (Å²) in [7, 11) is 1.12. The number of halogens is 4. The molecule has 0 bridgehead atoms. The summed E-state index contributed by atoms with van der Waals surface area (Å²) in [6.07, 6.45) is -0.357. The molecule has 3 heterocycles. The molecule has 1 atom stereocenters. The quantitative estimate of drug-likeness (QED) is 0.763. The lowest BCUT2D eigenvalue weighted by molar-refractivity contribution is -0.158. The van der Waals surface area contributed by atoms with Crippen molar-refractivity contribution in [3.63, 3.8) is 0 Å². The highest BCUT2D eigenvalue weighted by Gasteiger charge is 2.39. The highest BCUT2D eigenvalue weighted by Crippen LogP contribution is 2.33. The van der Waals surface area contributed by atoms with Crippen LogP contribution in [-0.2, 0) is 11.3 Å². The number of carbonyl (C=O) groups excluding carboxylic acids is 1. The minimum Gasteiger partial charge on any atom is -0.340 e. The van der Waals surface area contributed by atoms with Crippen molar-refractivity contribution in [2.75, 3.05) is 38.1 Å². The molecule has 2 saturated heterocycles. The van der Waals surface area contributed by atoms with E-state index in [-0.39, 0.29) is 12.1 Å². The first-order valence-electron chi connectivity index (χ1n) is 10.1. The van der Waals surface area contributed by atoms with Crippen molar-refractivity contribution in [1.82, 2.24) is 19.8 Å². The van der Waals surface area contributed by atoms with Gasteiger partial charge in [-0.15, -0.1) is 0 Å². The highest BCUT2D eigenvalue weighted by atomic mass is 19.4. The Morgan fingerprint density at radius 3 is 2.77 bits per heavy atom. The van der Waals surface area contributed by atoms with Gasteiger partial charge in [-0.2, -0.15) is 13.2 Å². The SMILES string of the molecule is CN(CC(F)(F)F)C(=O)Cn1c(N2CCCC3(CCCN3)C2)nc2ccc(F)cc21. The summed E-state index contributed by atoms with van der Waals surface area (Å²) in [5, 5.41) is 3.58. The third-order valence-corrected chi connectivity index (χ3v) is 6.02. The lowest BCUT2D eigenvalue weighted by Crippen LogP contribution is -2.54. The van der Waals surface area contributed by atoms with Crippen molar-refractivity contribution in [2.45, 2.75) is 43.9 Å².